The van der Waals surface area contributed by atoms with Gasteiger partial charge in [-0.1, -0.05) is 25.8 Å². The van der Waals surface area contributed by atoms with Crippen molar-refractivity contribution in [1.29, 1.82) is 0 Å². The van der Waals surface area contributed by atoms with E-state index in [2.05, 4.69) is 11.9 Å². The Hall–Kier alpha value is -1.10. The first kappa shape index (κ1) is 13.9. The molecule has 1 N–H and O–H groups in total. The Bertz CT molecular complexity index is 245. The Kier molecular flexibility index (Phi) is 6.70. The van der Waals surface area contributed by atoms with Crippen LogP contribution in [0.2, 0.25) is 0 Å². The second-order valence-electron chi connectivity index (χ2n) is 2.82. The first-order chi connectivity index (χ1) is 7.02. The molecule has 0 aliphatic heterocycles. The maximum atomic E-state index is 11.7. The number of hydrogen-bond acceptors (Lipinski definition) is 1. The molecule has 0 fully saturated rings. The molecule has 0 aromatic carbocycles. The van der Waals surface area contributed by atoms with Crippen LogP contribution in [0.1, 0.15) is 25.5 Å². The molecule has 1 rings (SSSR count). The summed E-state index contributed by atoms with van der Waals surface area (Å²) in [6.07, 6.45) is -0.992. The van der Waals surface area contributed by atoms with Gasteiger partial charge in [0.1, 0.15) is 5.69 Å². The van der Waals surface area contributed by atoms with Crippen molar-refractivity contribution < 1.29 is 13.2 Å². The van der Waals surface area contributed by atoms with Crippen molar-refractivity contribution in [3.63, 3.8) is 0 Å². The van der Waals surface area contributed by atoms with Gasteiger partial charge in [-0.3, -0.25) is 4.98 Å². The fourth-order valence-electron chi connectivity index (χ4n) is 0.707. The molecule has 1 aromatic rings. The smallest absolute Gasteiger partial charge is 0.433 e. The molecule has 1 aromatic heterocycles. The van der Waals surface area contributed by atoms with Crippen LogP contribution in [-0.4, -0.2) is 11.5 Å². The summed E-state index contributed by atoms with van der Waals surface area (Å²) in [4.78, 5) is 3.12. The third kappa shape index (κ3) is 6.90. The van der Waals surface area contributed by atoms with Crippen LogP contribution in [0.3, 0.4) is 0 Å². The summed E-state index contributed by atoms with van der Waals surface area (Å²) in [5.74, 6) is 0. The molecular weight excluding hydrogens is 205 g/mol. The summed E-state index contributed by atoms with van der Waals surface area (Å²) in [6.45, 7) is 2.69. The molecule has 0 radical (unpaired) electrons. The first-order valence-corrected chi connectivity index (χ1v) is 4.65. The van der Waals surface area contributed by atoms with E-state index in [0.29, 0.717) is 6.54 Å². The second kappa shape index (κ2) is 7.23. The number of hydrogen-bond donors (Lipinski definition) is 0. The van der Waals surface area contributed by atoms with E-state index in [1.165, 1.54) is 12.1 Å². The average Bonchev–Trinajstić information content (AvgIpc) is 2.20. The lowest BCUT2D eigenvalue weighted by molar-refractivity contribution is -0.141. The molecule has 0 saturated carbocycles. The van der Waals surface area contributed by atoms with Crippen molar-refractivity contribution in [3.05, 3.63) is 35.8 Å². The molecule has 2 nitrogen and oxygen atoms in total. The number of unbranched alkanes of at least 4 members (excludes halogenated alkanes) is 1. The van der Waals surface area contributed by atoms with E-state index in [-0.39, 0.29) is 0 Å². The molecular formula is C10H14F3N2-. The van der Waals surface area contributed by atoms with Gasteiger partial charge in [0.2, 0.25) is 0 Å². The second-order valence-corrected chi connectivity index (χ2v) is 2.82. The number of aromatic nitrogens is 1. The molecule has 86 valence electrons. The maximum Gasteiger partial charge on any atom is 0.433 e. The van der Waals surface area contributed by atoms with Gasteiger partial charge in [-0.25, -0.2) is 0 Å². The van der Waals surface area contributed by atoms with Gasteiger partial charge >= 0.3 is 6.18 Å². The minimum Gasteiger partial charge on any atom is -0.677 e. The van der Waals surface area contributed by atoms with E-state index >= 15 is 0 Å². The molecule has 0 saturated heterocycles. The number of halogens is 3. The summed E-state index contributed by atoms with van der Waals surface area (Å²) in [7, 11) is 0. The Morgan fingerprint density at radius 3 is 2.20 bits per heavy atom. The van der Waals surface area contributed by atoms with Crippen LogP contribution in [0.25, 0.3) is 5.73 Å². The van der Waals surface area contributed by atoms with Crippen molar-refractivity contribution in [1.82, 2.24) is 4.98 Å². The highest BCUT2D eigenvalue weighted by Crippen LogP contribution is 2.26. The fraction of sp³-hybridized carbons (Fsp3) is 0.500. The molecule has 0 atom stereocenters. The largest absolute Gasteiger partial charge is 0.677 e. The van der Waals surface area contributed by atoms with Crippen molar-refractivity contribution in [2.75, 3.05) is 6.54 Å². The third-order valence-electron chi connectivity index (χ3n) is 1.49. The number of nitrogens with one attached hydrogen (secondary N) is 1. The highest BCUT2D eigenvalue weighted by Gasteiger charge is 2.31. The Morgan fingerprint density at radius 2 is 2.00 bits per heavy atom. The third-order valence-corrected chi connectivity index (χ3v) is 1.49. The predicted octanol–water partition coefficient (Wildman–Crippen LogP) is 3.94. The van der Waals surface area contributed by atoms with Crippen LogP contribution in [0.5, 0.6) is 0 Å². The zero-order valence-corrected chi connectivity index (χ0v) is 8.51. The van der Waals surface area contributed by atoms with Crippen molar-refractivity contribution in [2.24, 2.45) is 0 Å². The molecule has 0 unspecified atom stereocenters. The SMILES string of the molecule is CCCC[NH-].FC(F)(F)c1ccccn1. The molecule has 0 aliphatic carbocycles. The number of pyridine rings is 1. The zero-order valence-electron chi connectivity index (χ0n) is 8.51. The summed E-state index contributed by atoms with van der Waals surface area (Å²) >= 11 is 0. The predicted molar refractivity (Wildman–Crippen MR) is 53.3 cm³/mol. The van der Waals surface area contributed by atoms with Crippen LogP contribution in [0.4, 0.5) is 13.2 Å². The molecule has 0 aliphatic rings. The fourth-order valence-corrected chi connectivity index (χ4v) is 0.707. The quantitative estimate of drug-likeness (QED) is 0.742. The summed E-state index contributed by atoms with van der Waals surface area (Å²) in [5.41, 5.74) is 5.75. The van der Waals surface area contributed by atoms with Crippen LogP contribution >= 0.6 is 0 Å². The summed E-state index contributed by atoms with van der Waals surface area (Å²) in [5, 5.41) is 0. The molecule has 5 heteroatoms. The molecule has 1 heterocycles. The number of nitrogens with zero attached hydrogens (tertiary/aromatic N) is 1. The number of alkyl halides is 3. The van der Waals surface area contributed by atoms with Crippen LogP contribution in [0, 0.1) is 0 Å². The van der Waals surface area contributed by atoms with Gasteiger partial charge in [0, 0.05) is 6.20 Å². The Balaban J connectivity index is 0.000000336. The Morgan fingerprint density at radius 1 is 1.33 bits per heavy atom. The van der Waals surface area contributed by atoms with Crippen molar-refractivity contribution in [2.45, 2.75) is 25.9 Å². The topological polar surface area (TPSA) is 36.7 Å². The summed E-state index contributed by atoms with van der Waals surface area (Å²) < 4.78 is 35.2. The van der Waals surface area contributed by atoms with E-state index in [1.807, 2.05) is 0 Å². The van der Waals surface area contributed by atoms with Gasteiger partial charge in [-0.2, -0.15) is 19.7 Å². The van der Waals surface area contributed by atoms with Crippen molar-refractivity contribution >= 4 is 0 Å². The van der Waals surface area contributed by atoms with E-state index < -0.39 is 11.9 Å². The van der Waals surface area contributed by atoms with Gasteiger partial charge in [-0.15, -0.1) is 0 Å². The molecule has 0 spiro atoms. The van der Waals surface area contributed by atoms with E-state index in [9.17, 15) is 13.2 Å². The monoisotopic (exact) mass is 219 g/mol. The minimum absolute atomic E-state index is 0.594. The number of rotatable bonds is 2. The zero-order chi connectivity index (χ0) is 11.7. The highest BCUT2D eigenvalue weighted by atomic mass is 19.4. The van der Waals surface area contributed by atoms with E-state index in [1.54, 1.807) is 0 Å². The van der Waals surface area contributed by atoms with Gasteiger partial charge in [0.25, 0.3) is 0 Å². The van der Waals surface area contributed by atoms with E-state index in [4.69, 9.17) is 5.73 Å². The molecule has 0 amide bonds. The molecule has 15 heavy (non-hydrogen) atoms. The lowest BCUT2D eigenvalue weighted by atomic mass is 10.3. The first-order valence-electron chi connectivity index (χ1n) is 4.65. The highest BCUT2D eigenvalue weighted by molar-refractivity contribution is 5.06. The maximum absolute atomic E-state index is 11.7. The minimum atomic E-state index is -4.32. The normalized spacial score (nSPS) is 10.5. The van der Waals surface area contributed by atoms with Gasteiger partial charge in [-0.05, 0) is 12.1 Å². The average molecular weight is 219 g/mol. The van der Waals surface area contributed by atoms with Crippen LogP contribution in [-0.2, 0) is 6.18 Å². The lowest BCUT2D eigenvalue weighted by Crippen LogP contribution is -2.06. The van der Waals surface area contributed by atoms with Crippen LogP contribution < -0.4 is 0 Å². The van der Waals surface area contributed by atoms with Gasteiger partial charge in [0.05, 0.1) is 0 Å². The molecule has 0 bridgehead atoms. The van der Waals surface area contributed by atoms with E-state index in [0.717, 1.165) is 25.1 Å². The summed E-state index contributed by atoms with van der Waals surface area (Å²) in [6, 6.07) is 3.67. The van der Waals surface area contributed by atoms with Gasteiger partial charge in [0.15, 0.2) is 0 Å². The van der Waals surface area contributed by atoms with Gasteiger partial charge < -0.3 is 5.73 Å². The van der Waals surface area contributed by atoms with Crippen molar-refractivity contribution in [3.8, 4) is 0 Å². The van der Waals surface area contributed by atoms with Crippen LogP contribution in [0.15, 0.2) is 24.4 Å². The standard InChI is InChI=1S/C6H4F3N.C4H10N/c7-6(8,9)5-3-1-2-4-10-5;1-2-3-4-5/h1-4H;5H,2-4H2,1H3/q;-1. The Labute approximate surface area is 87.3 Å². The lowest BCUT2D eigenvalue weighted by Gasteiger charge is -2.02.